The van der Waals surface area contributed by atoms with Crippen LogP contribution < -0.4 is 5.32 Å². The molecule has 2 unspecified atom stereocenters. The Balaban J connectivity index is 3.46. The van der Waals surface area contributed by atoms with Crippen LogP contribution in [-0.4, -0.2) is 47.4 Å². The summed E-state index contributed by atoms with van der Waals surface area (Å²) >= 11 is 0. The number of aliphatic hydroxyl groups excluding tert-OH is 2. The molecule has 0 spiro atoms. The van der Waals surface area contributed by atoms with Crippen molar-refractivity contribution >= 4 is 11.9 Å². The summed E-state index contributed by atoms with van der Waals surface area (Å²) in [5.41, 5.74) is 0. The zero-order valence-electron chi connectivity index (χ0n) is 41.4. The highest BCUT2D eigenvalue weighted by molar-refractivity contribution is 5.76. The first-order valence-electron chi connectivity index (χ1n) is 27.8. The van der Waals surface area contributed by atoms with Crippen molar-refractivity contribution in [2.45, 2.75) is 328 Å². The molecule has 0 radical (unpaired) electrons. The Morgan fingerprint density at radius 1 is 0.393 bits per heavy atom. The lowest BCUT2D eigenvalue weighted by Gasteiger charge is -2.22. The van der Waals surface area contributed by atoms with Crippen molar-refractivity contribution in [2.75, 3.05) is 13.2 Å². The highest BCUT2D eigenvalue weighted by Crippen LogP contribution is 2.18. The van der Waals surface area contributed by atoms with E-state index in [0.29, 0.717) is 25.9 Å². The van der Waals surface area contributed by atoms with Crippen LogP contribution in [0.1, 0.15) is 316 Å². The first kappa shape index (κ1) is 59.9. The molecule has 2 atom stereocenters. The van der Waals surface area contributed by atoms with E-state index in [-0.39, 0.29) is 18.5 Å². The summed E-state index contributed by atoms with van der Waals surface area (Å²) in [6.07, 6.45) is 58.0. The van der Waals surface area contributed by atoms with Crippen LogP contribution in [-0.2, 0) is 14.3 Å². The van der Waals surface area contributed by atoms with Crippen molar-refractivity contribution < 1.29 is 24.5 Å². The Morgan fingerprint density at radius 2 is 0.672 bits per heavy atom. The highest BCUT2D eigenvalue weighted by atomic mass is 16.5. The van der Waals surface area contributed by atoms with E-state index in [1.165, 1.54) is 225 Å². The average Bonchev–Trinajstić information content (AvgIpc) is 3.26. The predicted octanol–water partition coefficient (Wildman–Crippen LogP) is 16.7. The molecule has 0 fully saturated rings. The molecule has 0 aromatic carbocycles. The second-order valence-corrected chi connectivity index (χ2v) is 19.3. The summed E-state index contributed by atoms with van der Waals surface area (Å²) in [7, 11) is 0. The quantitative estimate of drug-likeness (QED) is 0.0418. The number of carbonyl (C=O) groups is 2. The van der Waals surface area contributed by atoms with E-state index >= 15 is 0 Å². The minimum absolute atomic E-state index is 0.0228. The van der Waals surface area contributed by atoms with Crippen LogP contribution in [0.2, 0.25) is 0 Å². The molecular weight excluding hydrogens is 755 g/mol. The van der Waals surface area contributed by atoms with Gasteiger partial charge in [0, 0.05) is 12.8 Å². The Labute approximate surface area is 381 Å². The molecule has 1 amide bonds. The molecule has 6 heteroatoms. The lowest BCUT2D eigenvalue weighted by Crippen LogP contribution is -2.45. The van der Waals surface area contributed by atoms with Crippen LogP contribution in [0, 0.1) is 0 Å². The van der Waals surface area contributed by atoms with Crippen molar-refractivity contribution in [1.82, 2.24) is 5.32 Å². The molecule has 0 heterocycles. The summed E-state index contributed by atoms with van der Waals surface area (Å²) in [6, 6.07) is -0.560. The molecule has 0 rings (SSSR count). The smallest absolute Gasteiger partial charge is 0.305 e. The number of hydrogen-bond acceptors (Lipinski definition) is 5. The van der Waals surface area contributed by atoms with Crippen LogP contribution >= 0.6 is 0 Å². The lowest BCUT2D eigenvalue weighted by atomic mass is 10.0. The van der Waals surface area contributed by atoms with E-state index in [2.05, 4.69) is 19.2 Å². The number of nitrogens with one attached hydrogen (secondary N) is 1. The van der Waals surface area contributed by atoms with Gasteiger partial charge in [-0.3, -0.25) is 9.59 Å². The van der Waals surface area contributed by atoms with Gasteiger partial charge in [-0.25, -0.2) is 0 Å². The van der Waals surface area contributed by atoms with Gasteiger partial charge in [0.2, 0.25) is 5.91 Å². The van der Waals surface area contributed by atoms with Gasteiger partial charge in [-0.05, 0) is 25.7 Å². The van der Waals surface area contributed by atoms with Crippen LogP contribution in [0.3, 0.4) is 0 Å². The van der Waals surface area contributed by atoms with Crippen LogP contribution in [0.5, 0.6) is 0 Å². The topological polar surface area (TPSA) is 95.9 Å². The van der Waals surface area contributed by atoms with E-state index in [9.17, 15) is 19.8 Å². The summed E-state index contributed by atoms with van der Waals surface area (Å²) in [6.45, 7) is 4.91. The maximum Gasteiger partial charge on any atom is 0.305 e. The summed E-state index contributed by atoms with van der Waals surface area (Å²) < 4.78 is 5.45. The van der Waals surface area contributed by atoms with E-state index in [0.717, 1.165) is 57.8 Å². The molecule has 0 aliphatic carbocycles. The fourth-order valence-electron chi connectivity index (χ4n) is 8.88. The van der Waals surface area contributed by atoms with Gasteiger partial charge < -0.3 is 20.3 Å². The van der Waals surface area contributed by atoms with E-state index in [4.69, 9.17) is 4.74 Å². The van der Waals surface area contributed by atoms with E-state index in [1.807, 2.05) is 0 Å². The summed E-state index contributed by atoms with van der Waals surface area (Å²) in [5, 5.41) is 23.3. The zero-order chi connectivity index (χ0) is 44.4. The molecule has 0 saturated heterocycles. The summed E-state index contributed by atoms with van der Waals surface area (Å²) in [4.78, 5) is 24.5. The minimum atomic E-state index is -0.681. The Bertz CT molecular complexity index is 867. The number of unbranched alkanes of at least 4 members (excludes halogenated alkanes) is 41. The molecule has 0 aliphatic heterocycles. The second-order valence-electron chi connectivity index (χ2n) is 19.3. The van der Waals surface area contributed by atoms with Crippen LogP contribution in [0.15, 0.2) is 0 Å². The average molecular weight is 864 g/mol. The van der Waals surface area contributed by atoms with Gasteiger partial charge in [-0.2, -0.15) is 0 Å². The highest BCUT2D eigenvalue weighted by Gasteiger charge is 2.20. The largest absolute Gasteiger partial charge is 0.466 e. The Hall–Kier alpha value is -1.14. The molecule has 3 N–H and O–H groups in total. The third-order valence-electron chi connectivity index (χ3n) is 13.2. The normalized spacial score (nSPS) is 12.5. The fraction of sp³-hybridized carbons (Fsp3) is 0.964. The number of ether oxygens (including phenoxy) is 1. The van der Waals surface area contributed by atoms with Gasteiger partial charge in [0.05, 0.1) is 25.4 Å². The third-order valence-corrected chi connectivity index (χ3v) is 13.2. The number of hydrogen-bond donors (Lipinski definition) is 3. The van der Waals surface area contributed by atoms with Crippen molar-refractivity contribution in [3.63, 3.8) is 0 Å². The van der Waals surface area contributed by atoms with Gasteiger partial charge >= 0.3 is 5.97 Å². The van der Waals surface area contributed by atoms with Gasteiger partial charge in [-0.1, -0.05) is 277 Å². The van der Waals surface area contributed by atoms with Gasteiger partial charge in [0.15, 0.2) is 0 Å². The molecule has 6 nitrogen and oxygen atoms in total. The Kier molecular flexibility index (Phi) is 50.5. The van der Waals surface area contributed by atoms with Crippen LogP contribution in [0.25, 0.3) is 0 Å². The zero-order valence-corrected chi connectivity index (χ0v) is 41.4. The maximum atomic E-state index is 12.5. The van der Waals surface area contributed by atoms with Gasteiger partial charge in [0.25, 0.3) is 0 Å². The van der Waals surface area contributed by atoms with Crippen molar-refractivity contribution in [3.8, 4) is 0 Å². The monoisotopic (exact) mass is 864 g/mol. The molecule has 0 aromatic rings. The van der Waals surface area contributed by atoms with Crippen molar-refractivity contribution in [1.29, 1.82) is 0 Å². The minimum Gasteiger partial charge on any atom is -0.466 e. The molecular formula is C55H109NO5. The lowest BCUT2D eigenvalue weighted by molar-refractivity contribution is -0.143. The molecule has 61 heavy (non-hydrogen) atoms. The van der Waals surface area contributed by atoms with E-state index < -0.39 is 12.1 Å². The predicted molar refractivity (Wildman–Crippen MR) is 264 cm³/mol. The number of carbonyl (C=O) groups excluding carboxylic acids is 2. The standard InChI is InChI=1S/C55H109NO5/c1-3-5-7-9-11-13-15-17-18-19-20-21-22-23-24-25-26-27-28-31-35-39-43-47-53(58)52(51-57)56-54(59)48-44-40-36-32-30-34-38-42-46-50-61-55(60)49-45-41-37-33-29-16-14-12-10-8-6-4-2/h52-53,57-58H,3-51H2,1-2H3,(H,56,59). The Morgan fingerprint density at radius 3 is 1.00 bits per heavy atom. The van der Waals surface area contributed by atoms with Crippen LogP contribution in [0.4, 0.5) is 0 Å². The molecule has 364 valence electrons. The number of aliphatic hydroxyl groups is 2. The second kappa shape index (κ2) is 51.5. The fourth-order valence-corrected chi connectivity index (χ4v) is 8.88. The molecule has 0 aliphatic rings. The number of esters is 1. The summed E-state index contributed by atoms with van der Waals surface area (Å²) in [5.74, 6) is -0.0809. The van der Waals surface area contributed by atoms with Gasteiger partial charge in [-0.15, -0.1) is 0 Å². The SMILES string of the molecule is CCCCCCCCCCCCCCCCCCCCCCCCCC(O)C(CO)NC(=O)CCCCCCCCCCCOC(=O)CCCCCCCCCCCCCC. The van der Waals surface area contributed by atoms with Gasteiger partial charge in [0.1, 0.15) is 0 Å². The first-order chi connectivity index (χ1) is 30.0. The van der Waals surface area contributed by atoms with Crippen molar-refractivity contribution in [2.24, 2.45) is 0 Å². The molecule has 0 bridgehead atoms. The maximum absolute atomic E-state index is 12.5. The molecule has 0 aromatic heterocycles. The van der Waals surface area contributed by atoms with E-state index in [1.54, 1.807) is 0 Å². The number of amides is 1. The number of rotatable bonds is 52. The van der Waals surface area contributed by atoms with Crippen molar-refractivity contribution in [3.05, 3.63) is 0 Å². The molecule has 0 saturated carbocycles. The third kappa shape index (κ3) is 48.2. The first-order valence-corrected chi connectivity index (χ1v) is 27.8.